The molecule has 0 radical (unpaired) electrons. The number of benzene rings is 1. The molecule has 0 saturated heterocycles. The smallest absolute Gasteiger partial charge is 0.240 e. The van der Waals surface area contributed by atoms with E-state index in [4.69, 9.17) is 10.9 Å². The van der Waals surface area contributed by atoms with Crippen LogP contribution in [0.5, 0.6) is 0 Å². The highest BCUT2D eigenvalue weighted by molar-refractivity contribution is 7.89. The molecule has 106 valence electrons. The SMILES string of the molecule is Cc1ccc(S(=O)(=O)NCCCC(N)=NO)c(C)c1. The van der Waals surface area contributed by atoms with Crippen LogP contribution in [0.25, 0.3) is 0 Å². The van der Waals surface area contributed by atoms with E-state index < -0.39 is 10.0 Å². The number of hydrogen-bond acceptors (Lipinski definition) is 4. The molecule has 0 atom stereocenters. The first kappa shape index (κ1) is 15.5. The third-order valence-electron chi connectivity index (χ3n) is 2.65. The van der Waals surface area contributed by atoms with Crippen molar-refractivity contribution >= 4 is 15.9 Å². The maximum atomic E-state index is 12.1. The van der Waals surface area contributed by atoms with E-state index in [1.54, 1.807) is 19.1 Å². The third kappa shape index (κ3) is 4.53. The second-order valence-electron chi connectivity index (χ2n) is 4.36. The van der Waals surface area contributed by atoms with Gasteiger partial charge in [0.1, 0.15) is 5.84 Å². The first-order valence-corrected chi connectivity index (χ1v) is 7.38. The van der Waals surface area contributed by atoms with Crippen LogP contribution in [0, 0.1) is 13.8 Å². The Kier molecular flexibility index (Phi) is 5.31. The summed E-state index contributed by atoms with van der Waals surface area (Å²) >= 11 is 0. The van der Waals surface area contributed by atoms with Crippen LogP contribution in [0.1, 0.15) is 24.0 Å². The van der Waals surface area contributed by atoms with Crippen LogP contribution in [0.4, 0.5) is 0 Å². The molecule has 0 spiro atoms. The van der Waals surface area contributed by atoms with Gasteiger partial charge in [0.15, 0.2) is 0 Å². The van der Waals surface area contributed by atoms with Crippen LogP contribution in [0.15, 0.2) is 28.3 Å². The van der Waals surface area contributed by atoms with Gasteiger partial charge in [-0.3, -0.25) is 0 Å². The predicted octanol–water partition coefficient (Wildman–Crippen LogP) is 1.11. The lowest BCUT2D eigenvalue weighted by Crippen LogP contribution is -2.26. The van der Waals surface area contributed by atoms with Gasteiger partial charge in [-0.2, -0.15) is 0 Å². The Morgan fingerprint density at radius 1 is 1.42 bits per heavy atom. The summed E-state index contributed by atoms with van der Waals surface area (Å²) in [6.07, 6.45) is 0.811. The first-order chi connectivity index (χ1) is 8.86. The molecule has 0 aliphatic heterocycles. The van der Waals surface area contributed by atoms with Crippen LogP contribution in [0.3, 0.4) is 0 Å². The van der Waals surface area contributed by atoms with Crippen LogP contribution >= 0.6 is 0 Å². The van der Waals surface area contributed by atoms with Crippen LogP contribution in [0.2, 0.25) is 0 Å². The second-order valence-corrected chi connectivity index (χ2v) is 6.10. The summed E-state index contributed by atoms with van der Waals surface area (Å²) in [4.78, 5) is 0.280. The lowest BCUT2D eigenvalue weighted by atomic mass is 10.2. The van der Waals surface area contributed by atoms with E-state index in [0.717, 1.165) is 5.56 Å². The van der Waals surface area contributed by atoms with Gasteiger partial charge in [-0.25, -0.2) is 13.1 Å². The summed E-state index contributed by atoms with van der Waals surface area (Å²) in [6, 6.07) is 5.18. The fraction of sp³-hybridized carbons (Fsp3) is 0.417. The van der Waals surface area contributed by atoms with E-state index in [2.05, 4.69) is 9.88 Å². The Labute approximate surface area is 113 Å². The second kappa shape index (κ2) is 6.53. The number of oxime groups is 1. The van der Waals surface area contributed by atoms with E-state index in [9.17, 15) is 8.42 Å². The molecule has 6 nitrogen and oxygen atoms in total. The van der Waals surface area contributed by atoms with E-state index in [-0.39, 0.29) is 17.3 Å². The van der Waals surface area contributed by atoms with Gasteiger partial charge in [0.25, 0.3) is 0 Å². The van der Waals surface area contributed by atoms with Gasteiger partial charge in [-0.15, -0.1) is 0 Å². The minimum atomic E-state index is -3.51. The Balaban J connectivity index is 2.66. The normalized spacial score (nSPS) is 12.6. The topological polar surface area (TPSA) is 105 Å². The molecule has 0 fully saturated rings. The average molecular weight is 285 g/mol. The highest BCUT2D eigenvalue weighted by atomic mass is 32.2. The molecule has 19 heavy (non-hydrogen) atoms. The molecule has 0 unspecified atom stereocenters. The van der Waals surface area contributed by atoms with Crippen molar-refractivity contribution in [3.05, 3.63) is 29.3 Å². The minimum Gasteiger partial charge on any atom is -0.409 e. The number of nitrogens with zero attached hydrogens (tertiary/aromatic N) is 1. The fourth-order valence-electron chi connectivity index (χ4n) is 1.70. The summed E-state index contributed by atoms with van der Waals surface area (Å²) in [5.74, 6) is 0.0886. The zero-order chi connectivity index (χ0) is 14.5. The van der Waals surface area contributed by atoms with Crippen LogP contribution in [-0.4, -0.2) is 26.0 Å². The van der Waals surface area contributed by atoms with Crippen molar-refractivity contribution in [2.75, 3.05) is 6.54 Å². The largest absolute Gasteiger partial charge is 0.409 e. The van der Waals surface area contributed by atoms with E-state index >= 15 is 0 Å². The molecule has 0 heterocycles. The molecule has 4 N–H and O–H groups in total. The Hall–Kier alpha value is -1.60. The summed E-state index contributed by atoms with van der Waals surface area (Å²) in [6.45, 7) is 3.91. The molecule has 7 heteroatoms. The Morgan fingerprint density at radius 3 is 2.68 bits per heavy atom. The summed E-state index contributed by atoms with van der Waals surface area (Å²) in [5.41, 5.74) is 7.03. The molecule has 0 aliphatic carbocycles. The number of sulfonamides is 1. The summed E-state index contributed by atoms with van der Waals surface area (Å²) in [5, 5.41) is 11.2. The van der Waals surface area contributed by atoms with E-state index in [0.29, 0.717) is 18.4 Å². The maximum Gasteiger partial charge on any atom is 0.240 e. The van der Waals surface area contributed by atoms with Crippen molar-refractivity contribution in [3.8, 4) is 0 Å². The number of nitrogens with two attached hydrogens (primary N) is 1. The van der Waals surface area contributed by atoms with Crippen LogP contribution < -0.4 is 10.5 Å². The van der Waals surface area contributed by atoms with Crippen molar-refractivity contribution in [1.82, 2.24) is 4.72 Å². The highest BCUT2D eigenvalue weighted by Crippen LogP contribution is 2.16. The lowest BCUT2D eigenvalue weighted by Gasteiger charge is -2.09. The molecular weight excluding hydrogens is 266 g/mol. The van der Waals surface area contributed by atoms with Crippen molar-refractivity contribution in [2.24, 2.45) is 10.9 Å². The molecular formula is C12H19N3O3S. The van der Waals surface area contributed by atoms with Gasteiger partial charge in [0.2, 0.25) is 10.0 Å². The number of aryl methyl sites for hydroxylation is 2. The van der Waals surface area contributed by atoms with Gasteiger partial charge in [0, 0.05) is 13.0 Å². The van der Waals surface area contributed by atoms with E-state index in [1.807, 2.05) is 13.0 Å². The predicted molar refractivity (Wildman–Crippen MR) is 73.7 cm³/mol. The van der Waals surface area contributed by atoms with Gasteiger partial charge < -0.3 is 10.9 Å². The molecule has 1 rings (SSSR count). The zero-order valence-corrected chi connectivity index (χ0v) is 11.9. The van der Waals surface area contributed by atoms with Crippen molar-refractivity contribution in [2.45, 2.75) is 31.6 Å². The van der Waals surface area contributed by atoms with Crippen molar-refractivity contribution in [3.63, 3.8) is 0 Å². The number of hydrogen-bond donors (Lipinski definition) is 3. The Bertz CT molecular complexity index is 568. The van der Waals surface area contributed by atoms with Gasteiger partial charge in [-0.05, 0) is 31.9 Å². The molecule has 1 aromatic rings. The lowest BCUT2D eigenvalue weighted by molar-refractivity contribution is 0.316. The van der Waals surface area contributed by atoms with Crippen molar-refractivity contribution < 1.29 is 13.6 Å². The molecule has 0 bridgehead atoms. The number of rotatable bonds is 6. The van der Waals surface area contributed by atoms with Gasteiger partial charge in [-0.1, -0.05) is 22.9 Å². The molecule has 1 aromatic carbocycles. The van der Waals surface area contributed by atoms with Gasteiger partial charge >= 0.3 is 0 Å². The first-order valence-electron chi connectivity index (χ1n) is 5.90. The maximum absolute atomic E-state index is 12.1. The van der Waals surface area contributed by atoms with E-state index in [1.165, 1.54) is 0 Å². The highest BCUT2D eigenvalue weighted by Gasteiger charge is 2.15. The van der Waals surface area contributed by atoms with Crippen LogP contribution in [-0.2, 0) is 10.0 Å². The summed E-state index contributed by atoms with van der Waals surface area (Å²) < 4.78 is 26.6. The molecule has 0 amide bonds. The molecule has 0 aliphatic rings. The molecule has 0 saturated carbocycles. The third-order valence-corrected chi connectivity index (χ3v) is 4.27. The summed E-state index contributed by atoms with van der Waals surface area (Å²) in [7, 11) is -3.51. The quantitative estimate of drug-likeness (QED) is 0.239. The number of amidine groups is 1. The van der Waals surface area contributed by atoms with Gasteiger partial charge in [0.05, 0.1) is 4.90 Å². The minimum absolute atomic E-state index is 0.0886. The average Bonchev–Trinajstić information content (AvgIpc) is 2.33. The van der Waals surface area contributed by atoms with Crippen molar-refractivity contribution in [1.29, 1.82) is 0 Å². The number of nitrogens with one attached hydrogen (secondary N) is 1. The Morgan fingerprint density at radius 2 is 2.11 bits per heavy atom. The monoisotopic (exact) mass is 285 g/mol. The molecule has 0 aromatic heterocycles. The zero-order valence-electron chi connectivity index (χ0n) is 11.0. The standard InChI is InChI=1S/C12H19N3O3S/c1-9-5-6-11(10(2)8-9)19(17,18)14-7-3-4-12(13)15-16/h5-6,8,14,16H,3-4,7H2,1-2H3,(H2,13,15). The fourth-order valence-corrected chi connectivity index (χ4v) is 3.00.